The summed E-state index contributed by atoms with van der Waals surface area (Å²) >= 11 is 1.69. The Kier molecular flexibility index (Phi) is 3.62. The molecule has 1 N–H and O–H groups in total. The average Bonchev–Trinajstić information content (AvgIpc) is 2.38. The van der Waals surface area contributed by atoms with Crippen molar-refractivity contribution in [3.63, 3.8) is 0 Å². The van der Waals surface area contributed by atoms with Crippen LogP contribution in [-0.4, -0.2) is 47.3 Å². The van der Waals surface area contributed by atoms with Crippen molar-refractivity contribution in [1.82, 2.24) is 4.90 Å². The van der Waals surface area contributed by atoms with Crippen LogP contribution in [0.5, 0.6) is 0 Å². The van der Waals surface area contributed by atoms with E-state index in [-0.39, 0.29) is 0 Å². The van der Waals surface area contributed by atoms with Gasteiger partial charge in [-0.3, -0.25) is 4.90 Å². The van der Waals surface area contributed by atoms with E-state index in [0.717, 1.165) is 25.4 Å². The molecule has 2 nitrogen and oxygen atoms in total. The SMILES string of the molecule is CSCC(C)(O)CN1CC=CC1. The van der Waals surface area contributed by atoms with Gasteiger partial charge >= 0.3 is 0 Å². The van der Waals surface area contributed by atoms with Crippen LogP contribution >= 0.6 is 11.8 Å². The highest BCUT2D eigenvalue weighted by molar-refractivity contribution is 7.98. The van der Waals surface area contributed by atoms with Crippen LogP contribution in [0.15, 0.2) is 12.2 Å². The van der Waals surface area contributed by atoms with E-state index in [1.807, 2.05) is 13.2 Å². The smallest absolute Gasteiger partial charge is 0.0836 e. The predicted octanol–water partition coefficient (Wildman–Crippen LogP) is 0.972. The molecule has 0 aromatic rings. The lowest BCUT2D eigenvalue weighted by molar-refractivity contribution is 0.0501. The van der Waals surface area contributed by atoms with Crippen molar-refractivity contribution >= 4 is 11.8 Å². The maximum atomic E-state index is 9.88. The van der Waals surface area contributed by atoms with Crippen LogP contribution < -0.4 is 0 Å². The minimum Gasteiger partial charge on any atom is -0.388 e. The van der Waals surface area contributed by atoms with Crippen molar-refractivity contribution in [1.29, 1.82) is 0 Å². The fourth-order valence-electron chi connectivity index (χ4n) is 1.49. The van der Waals surface area contributed by atoms with Gasteiger partial charge in [-0.1, -0.05) is 12.2 Å². The van der Waals surface area contributed by atoms with E-state index in [0.29, 0.717) is 0 Å². The van der Waals surface area contributed by atoms with E-state index in [4.69, 9.17) is 0 Å². The molecule has 1 heterocycles. The van der Waals surface area contributed by atoms with Crippen LogP contribution in [-0.2, 0) is 0 Å². The van der Waals surface area contributed by atoms with Crippen LogP contribution in [0.3, 0.4) is 0 Å². The summed E-state index contributed by atoms with van der Waals surface area (Å²) in [4.78, 5) is 2.25. The fourth-order valence-corrected chi connectivity index (χ4v) is 2.20. The Labute approximate surface area is 78.6 Å². The van der Waals surface area contributed by atoms with Gasteiger partial charge in [0.25, 0.3) is 0 Å². The number of aliphatic hydroxyl groups is 1. The molecule has 0 saturated carbocycles. The van der Waals surface area contributed by atoms with Crippen molar-refractivity contribution in [2.45, 2.75) is 12.5 Å². The first-order valence-electron chi connectivity index (χ1n) is 4.23. The zero-order valence-corrected chi connectivity index (χ0v) is 8.60. The number of hydrogen-bond acceptors (Lipinski definition) is 3. The van der Waals surface area contributed by atoms with Crippen molar-refractivity contribution in [3.8, 4) is 0 Å². The first-order chi connectivity index (χ1) is 5.64. The molecule has 3 heteroatoms. The molecule has 1 atom stereocenters. The van der Waals surface area contributed by atoms with Gasteiger partial charge in [0.15, 0.2) is 0 Å². The van der Waals surface area contributed by atoms with Gasteiger partial charge < -0.3 is 5.11 Å². The van der Waals surface area contributed by atoms with E-state index in [1.54, 1.807) is 11.8 Å². The molecule has 1 rings (SSSR count). The number of rotatable bonds is 4. The molecule has 0 aliphatic carbocycles. The van der Waals surface area contributed by atoms with Crippen LogP contribution in [0.1, 0.15) is 6.92 Å². The first-order valence-corrected chi connectivity index (χ1v) is 5.62. The quantitative estimate of drug-likeness (QED) is 0.663. The summed E-state index contributed by atoms with van der Waals surface area (Å²) in [6, 6.07) is 0. The zero-order valence-electron chi connectivity index (χ0n) is 7.79. The molecule has 0 aromatic carbocycles. The van der Waals surface area contributed by atoms with Gasteiger partial charge in [0.1, 0.15) is 0 Å². The molecule has 0 bridgehead atoms. The summed E-state index contributed by atoms with van der Waals surface area (Å²) in [5.74, 6) is 0.809. The maximum Gasteiger partial charge on any atom is 0.0836 e. The Bertz CT molecular complexity index is 160. The molecule has 0 saturated heterocycles. The van der Waals surface area contributed by atoms with Crippen LogP contribution in [0.2, 0.25) is 0 Å². The van der Waals surface area contributed by atoms with Crippen molar-refractivity contribution in [2.24, 2.45) is 0 Å². The summed E-state index contributed by atoms with van der Waals surface area (Å²) in [5, 5.41) is 9.88. The molecule has 0 aromatic heterocycles. The molecule has 0 radical (unpaired) electrons. The molecule has 70 valence electrons. The normalized spacial score (nSPS) is 22.9. The molecular formula is C9H17NOS. The van der Waals surface area contributed by atoms with Gasteiger partial charge in [-0.25, -0.2) is 0 Å². The Hall–Kier alpha value is 0.0100. The predicted molar refractivity (Wildman–Crippen MR) is 54.6 cm³/mol. The summed E-state index contributed by atoms with van der Waals surface area (Å²) in [6.07, 6.45) is 6.32. The van der Waals surface area contributed by atoms with E-state index < -0.39 is 5.60 Å². The lowest BCUT2D eigenvalue weighted by Gasteiger charge is -2.27. The van der Waals surface area contributed by atoms with E-state index in [2.05, 4.69) is 17.1 Å². The fraction of sp³-hybridized carbons (Fsp3) is 0.778. The molecule has 0 spiro atoms. The van der Waals surface area contributed by atoms with Gasteiger partial charge in [0.2, 0.25) is 0 Å². The maximum absolute atomic E-state index is 9.88. The molecule has 12 heavy (non-hydrogen) atoms. The Morgan fingerprint density at radius 1 is 1.50 bits per heavy atom. The first kappa shape index (κ1) is 10.1. The van der Waals surface area contributed by atoms with E-state index in [1.165, 1.54) is 0 Å². The largest absolute Gasteiger partial charge is 0.388 e. The van der Waals surface area contributed by atoms with E-state index in [9.17, 15) is 5.11 Å². The van der Waals surface area contributed by atoms with Gasteiger partial charge in [0, 0.05) is 25.4 Å². The molecule has 0 fully saturated rings. The van der Waals surface area contributed by atoms with Gasteiger partial charge in [0.05, 0.1) is 5.60 Å². The average molecular weight is 187 g/mol. The lowest BCUT2D eigenvalue weighted by atomic mass is 10.1. The number of nitrogens with zero attached hydrogens (tertiary/aromatic N) is 1. The minimum atomic E-state index is -0.536. The Morgan fingerprint density at radius 3 is 2.58 bits per heavy atom. The van der Waals surface area contributed by atoms with Gasteiger partial charge in [-0.05, 0) is 13.2 Å². The second-order valence-corrected chi connectivity index (χ2v) is 4.46. The lowest BCUT2D eigenvalue weighted by Crippen LogP contribution is -2.41. The summed E-state index contributed by atoms with van der Waals surface area (Å²) in [5.41, 5.74) is -0.536. The second kappa shape index (κ2) is 4.30. The Balaban J connectivity index is 2.28. The van der Waals surface area contributed by atoms with Crippen molar-refractivity contribution in [3.05, 3.63) is 12.2 Å². The number of β-amino-alcohol motifs (C(OH)–C–C–N with tert-alkyl or cyclic N) is 1. The van der Waals surface area contributed by atoms with Crippen LogP contribution in [0.25, 0.3) is 0 Å². The van der Waals surface area contributed by atoms with Crippen molar-refractivity contribution < 1.29 is 5.11 Å². The third-order valence-electron chi connectivity index (χ3n) is 1.91. The van der Waals surface area contributed by atoms with Gasteiger partial charge in [-0.15, -0.1) is 0 Å². The molecule has 1 aliphatic heterocycles. The van der Waals surface area contributed by atoms with E-state index >= 15 is 0 Å². The molecular weight excluding hydrogens is 170 g/mol. The standard InChI is InChI=1S/C9H17NOS/c1-9(11,8-12-2)7-10-5-3-4-6-10/h3-4,11H,5-8H2,1-2H3. The minimum absolute atomic E-state index is 0.536. The zero-order chi connectivity index (χ0) is 9.03. The third kappa shape index (κ3) is 3.17. The second-order valence-electron chi connectivity index (χ2n) is 3.60. The number of thioether (sulfide) groups is 1. The van der Waals surface area contributed by atoms with Crippen LogP contribution in [0.4, 0.5) is 0 Å². The molecule has 1 aliphatic rings. The van der Waals surface area contributed by atoms with Gasteiger partial charge in [-0.2, -0.15) is 11.8 Å². The highest BCUT2D eigenvalue weighted by atomic mass is 32.2. The molecule has 1 unspecified atom stereocenters. The van der Waals surface area contributed by atoms with Crippen LogP contribution in [0, 0.1) is 0 Å². The monoisotopic (exact) mass is 187 g/mol. The topological polar surface area (TPSA) is 23.5 Å². The highest BCUT2D eigenvalue weighted by Gasteiger charge is 2.23. The summed E-state index contributed by atoms with van der Waals surface area (Å²) in [6.45, 7) is 4.66. The summed E-state index contributed by atoms with van der Waals surface area (Å²) < 4.78 is 0. The highest BCUT2D eigenvalue weighted by Crippen LogP contribution is 2.13. The van der Waals surface area contributed by atoms with Crippen molar-refractivity contribution in [2.75, 3.05) is 31.6 Å². The number of hydrogen-bond donors (Lipinski definition) is 1. The summed E-state index contributed by atoms with van der Waals surface area (Å²) in [7, 11) is 0. The molecule has 0 amide bonds. The Morgan fingerprint density at radius 2 is 2.08 bits per heavy atom. The third-order valence-corrected chi connectivity index (χ3v) is 2.82.